The lowest BCUT2D eigenvalue weighted by molar-refractivity contribution is -0.139. The lowest BCUT2D eigenvalue weighted by atomic mass is 9.98. The number of rotatable bonds is 9. The quantitative estimate of drug-likeness (QED) is 0.252. The molecule has 2 heterocycles. The highest BCUT2D eigenvalue weighted by Gasteiger charge is 2.23. The number of aryl methyl sites for hydroxylation is 4. The summed E-state index contributed by atoms with van der Waals surface area (Å²) in [5, 5.41) is 18.0. The number of pyridine rings is 1. The molecule has 1 atom stereocenters. The molecule has 2 aromatic carbocycles. The van der Waals surface area contributed by atoms with Crippen LogP contribution in [0, 0.1) is 27.7 Å². The summed E-state index contributed by atoms with van der Waals surface area (Å²) in [6.45, 7) is 8.45. The molecule has 0 aliphatic rings. The van der Waals surface area contributed by atoms with E-state index in [-0.39, 0.29) is 12.3 Å². The first kappa shape index (κ1) is 26.1. The molecule has 0 spiro atoms. The third kappa shape index (κ3) is 6.62. The van der Waals surface area contributed by atoms with E-state index in [2.05, 4.69) is 27.1 Å². The number of nitrogens with one attached hydrogen (secondary N) is 2. The van der Waals surface area contributed by atoms with E-state index in [0.29, 0.717) is 12.1 Å². The van der Waals surface area contributed by atoms with Crippen molar-refractivity contribution in [2.45, 2.75) is 46.7 Å². The minimum Gasteiger partial charge on any atom is -0.480 e. The minimum absolute atomic E-state index is 0.202. The van der Waals surface area contributed by atoms with Gasteiger partial charge in [0.2, 0.25) is 0 Å². The second-order valence-corrected chi connectivity index (χ2v) is 10.4. The number of carboxylic acids is 1. The molecule has 190 valence electrons. The lowest BCUT2D eigenvalue weighted by Gasteiger charge is -2.17. The molecule has 7 heteroatoms. The van der Waals surface area contributed by atoms with Crippen LogP contribution in [0.2, 0.25) is 0 Å². The largest absolute Gasteiger partial charge is 0.480 e. The van der Waals surface area contributed by atoms with Crippen molar-refractivity contribution in [3.05, 3.63) is 104 Å². The van der Waals surface area contributed by atoms with Crippen molar-refractivity contribution < 1.29 is 14.7 Å². The van der Waals surface area contributed by atoms with Crippen LogP contribution in [-0.2, 0) is 17.8 Å². The van der Waals surface area contributed by atoms with E-state index < -0.39 is 12.0 Å². The minimum atomic E-state index is -1.06. The number of nitrogens with zero attached hydrogens (tertiary/aromatic N) is 1. The molecule has 0 aliphatic heterocycles. The van der Waals surface area contributed by atoms with Crippen LogP contribution < -0.4 is 10.6 Å². The maximum atomic E-state index is 12.9. The van der Waals surface area contributed by atoms with Crippen molar-refractivity contribution in [2.75, 3.05) is 5.32 Å². The molecule has 0 saturated heterocycles. The van der Waals surface area contributed by atoms with Gasteiger partial charge in [-0.2, -0.15) is 0 Å². The van der Waals surface area contributed by atoms with Crippen LogP contribution in [0.15, 0.2) is 66.2 Å². The average molecular weight is 514 g/mol. The van der Waals surface area contributed by atoms with Gasteiger partial charge in [0.15, 0.2) is 0 Å². The highest BCUT2D eigenvalue weighted by molar-refractivity contribution is 7.10. The Hall–Kier alpha value is -3.97. The molecule has 4 rings (SSSR count). The van der Waals surface area contributed by atoms with Crippen molar-refractivity contribution in [1.82, 2.24) is 10.3 Å². The van der Waals surface area contributed by atoms with E-state index in [0.717, 1.165) is 44.8 Å². The number of thiophene rings is 1. The molecule has 6 nitrogen and oxygen atoms in total. The molecule has 1 amide bonds. The van der Waals surface area contributed by atoms with Crippen molar-refractivity contribution in [1.29, 1.82) is 0 Å². The predicted molar refractivity (Wildman–Crippen MR) is 149 cm³/mol. The molecule has 0 radical (unpaired) electrons. The molecule has 2 aromatic heterocycles. The smallest absolute Gasteiger partial charge is 0.326 e. The van der Waals surface area contributed by atoms with Gasteiger partial charge in [0.1, 0.15) is 11.9 Å². The Balaban J connectivity index is 1.40. The number of anilines is 1. The van der Waals surface area contributed by atoms with Gasteiger partial charge in [-0.15, -0.1) is 11.3 Å². The van der Waals surface area contributed by atoms with E-state index in [4.69, 9.17) is 0 Å². The summed E-state index contributed by atoms with van der Waals surface area (Å²) >= 11 is 1.68. The molecule has 1 unspecified atom stereocenters. The Morgan fingerprint density at radius 2 is 1.62 bits per heavy atom. The molecule has 0 aliphatic carbocycles. The van der Waals surface area contributed by atoms with Gasteiger partial charge in [0, 0.05) is 23.1 Å². The van der Waals surface area contributed by atoms with E-state index in [9.17, 15) is 14.7 Å². The highest BCUT2D eigenvalue weighted by Crippen LogP contribution is 2.27. The van der Waals surface area contributed by atoms with Crippen LogP contribution in [-0.4, -0.2) is 28.0 Å². The van der Waals surface area contributed by atoms with Gasteiger partial charge in [0.05, 0.1) is 6.54 Å². The zero-order chi connectivity index (χ0) is 26.5. The fourth-order valence-corrected chi connectivity index (χ4v) is 5.31. The summed E-state index contributed by atoms with van der Waals surface area (Å²) in [4.78, 5) is 30.4. The second-order valence-electron chi connectivity index (χ2n) is 9.41. The maximum absolute atomic E-state index is 12.9. The molecule has 0 saturated carbocycles. The number of aliphatic carboxylic acids is 1. The van der Waals surface area contributed by atoms with Gasteiger partial charge >= 0.3 is 5.97 Å². The Morgan fingerprint density at radius 3 is 2.27 bits per heavy atom. The molecular weight excluding hydrogens is 482 g/mol. The number of aromatic nitrogens is 1. The number of hydrogen-bond donors (Lipinski definition) is 3. The Labute approximate surface area is 221 Å². The zero-order valence-electron chi connectivity index (χ0n) is 21.5. The van der Waals surface area contributed by atoms with Gasteiger partial charge < -0.3 is 15.7 Å². The normalized spacial score (nSPS) is 11.7. The molecule has 0 fully saturated rings. The first-order valence-corrected chi connectivity index (χ1v) is 13.0. The summed E-state index contributed by atoms with van der Waals surface area (Å²) in [5.41, 5.74) is 7.45. The van der Waals surface area contributed by atoms with Gasteiger partial charge in [-0.3, -0.25) is 4.79 Å². The van der Waals surface area contributed by atoms with Crippen molar-refractivity contribution in [2.24, 2.45) is 0 Å². The van der Waals surface area contributed by atoms with Crippen LogP contribution in [0.25, 0.3) is 11.1 Å². The van der Waals surface area contributed by atoms with Crippen molar-refractivity contribution in [3.63, 3.8) is 0 Å². The van der Waals surface area contributed by atoms with E-state index in [1.54, 1.807) is 17.5 Å². The topological polar surface area (TPSA) is 91.3 Å². The number of amides is 1. The Morgan fingerprint density at radius 1 is 0.919 bits per heavy atom. The van der Waals surface area contributed by atoms with Crippen molar-refractivity contribution in [3.8, 4) is 11.1 Å². The monoisotopic (exact) mass is 513 g/mol. The van der Waals surface area contributed by atoms with Gasteiger partial charge in [-0.1, -0.05) is 42.0 Å². The Bertz CT molecular complexity index is 1400. The fourth-order valence-electron chi connectivity index (χ4n) is 4.47. The van der Waals surface area contributed by atoms with Crippen LogP contribution in [0.1, 0.15) is 43.1 Å². The predicted octanol–water partition coefficient (Wildman–Crippen LogP) is 6.08. The molecule has 0 bridgehead atoms. The maximum Gasteiger partial charge on any atom is 0.326 e. The number of carbonyl (C=O) groups excluding carboxylic acids is 1. The zero-order valence-corrected chi connectivity index (χ0v) is 22.3. The number of benzene rings is 2. The number of hydrogen-bond acceptors (Lipinski definition) is 5. The van der Waals surface area contributed by atoms with Gasteiger partial charge in [-0.05, 0) is 84.7 Å². The number of carboxylic acid groups (broad SMARTS) is 1. The molecular formula is C30H31N3O3S. The molecule has 37 heavy (non-hydrogen) atoms. The van der Waals surface area contributed by atoms with Gasteiger partial charge in [0.25, 0.3) is 5.91 Å². The number of carbonyl (C=O) groups is 2. The van der Waals surface area contributed by atoms with Crippen LogP contribution in [0.4, 0.5) is 5.82 Å². The first-order chi connectivity index (χ1) is 17.7. The SMILES string of the molecule is Cc1ccnc(NCc2cc(-c3ccc(CC(NC(=O)c4c(C)cc(C)cc4C)C(=O)O)cc3)cs2)c1. The summed E-state index contributed by atoms with van der Waals surface area (Å²) in [7, 11) is 0. The van der Waals surface area contributed by atoms with Crippen molar-refractivity contribution >= 4 is 29.0 Å². The third-order valence-corrected chi connectivity index (χ3v) is 7.18. The van der Waals surface area contributed by atoms with Crippen LogP contribution >= 0.6 is 11.3 Å². The summed E-state index contributed by atoms with van der Waals surface area (Å²) in [5.74, 6) is -0.565. The average Bonchev–Trinajstić information content (AvgIpc) is 3.31. The summed E-state index contributed by atoms with van der Waals surface area (Å²) in [6.07, 6.45) is 2.00. The van der Waals surface area contributed by atoms with E-state index in [1.165, 1.54) is 4.88 Å². The van der Waals surface area contributed by atoms with Gasteiger partial charge in [-0.25, -0.2) is 9.78 Å². The Kier molecular flexibility index (Phi) is 8.04. The summed E-state index contributed by atoms with van der Waals surface area (Å²) < 4.78 is 0. The molecule has 3 N–H and O–H groups in total. The highest BCUT2D eigenvalue weighted by atomic mass is 32.1. The van der Waals surface area contributed by atoms with Crippen LogP contribution in [0.3, 0.4) is 0 Å². The third-order valence-electron chi connectivity index (χ3n) is 6.25. The summed E-state index contributed by atoms with van der Waals surface area (Å²) in [6, 6.07) is 16.8. The fraction of sp³-hybridized carbons (Fsp3) is 0.233. The van der Waals surface area contributed by atoms with E-state index in [1.807, 2.05) is 76.2 Å². The second kappa shape index (κ2) is 11.4. The van der Waals surface area contributed by atoms with Crippen LogP contribution in [0.5, 0.6) is 0 Å². The standard InChI is InChI=1S/C30H31N3O3S/c1-18-9-10-31-27(13-18)32-16-25-15-24(17-37-25)23-7-5-22(6-8-23)14-26(30(35)36)33-29(34)28-20(3)11-19(2)12-21(28)4/h5-13,15,17,26H,14,16H2,1-4H3,(H,31,32)(H,33,34)(H,35,36). The van der Waals surface area contributed by atoms with E-state index >= 15 is 0 Å². The lowest BCUT2D eigenvalue weighted by Crippen LogP contribution is -2.42. The molecule has 4 aromatic rings. The first-order valence-electron chi connectivity index (χ1n) is 12.1.